The van der Waals surface area contributed by atoms with E-state index in [9.17, 15) is 0 Å². The zero-order chi connectivity index (χ0) is 13.8. The van der Waals surface area contributed by atoms with Crippen molar-refractivity contribution in [1.29, 1.82) is 0 Å². The van der Waals surface area contributed by atoms with Crippen molar-refractivity contribution in [1.82, 2.24) is 0 Å². The minimum atomic E-state index is 0.194. The number of thioether (sulfide) groups is 1. The summed E-state index contributed by atoms with van der Waals surface area (Å²) < 4.78 is 5.59. The molecule has 2 rings (SSSR count). The normalized spacial score (nSPS) is 24.6. The van der Waals surface area contributed by atoms with E-state index in [0.717, 1.165) is 36.5 Å². The van der Waals surface area contributed by atoms with E-state index in [2.05, 4.69) is 32.0 Å². The predicted molar refractivity (Wildman–Crippen MR) is 83.1 cm³/mol. The summed E-state index contributed by atoms with van der Waals surface area (Å²) >= 11 is 8.22. The maximum atomic E-state index is 6.35. The van der Waals surface area contributed by atoms with Crippen molar-refractivity contribution < 1.29 is 4.74 Å². The van der Waals surface area contributed by atoms with Gasteiger partial charge < -0.3 is 10.5 Å². The lowest BCUT2D eigenvalue weighted by Crippen LogP contribution is -2.21. The summed E-state index contributed by atoms with van der Waals surface area (Å²) in [5.74, 6) is 0. The van der Waals surface area contributed by atoms with Gasteiger partial charge in [-0.15, -0.1) is 11.8 Å². The molecule has 0 radical (unpaired) electrons. The second kappa shape index (κ2) is 6.98. The van der Waals surface area contributed by atoms with Crippen LogP contribution in [0.2, 0.25) is 5.02 Å². The van der Waals surface area contributed by atoms with Crippen LogP contribution in [0, 0.1) is 0 Å². The summed E-state index contributed by atoms with van der Waals surface area (Å²) in [6.07, 6.45) is 3.27. The second-order valence-electron chi connectivity index (χ2n) is 5.15. The molecule has 0 aliphatic carbocycles. The van der Waals surface area contributed by atoms with Gasteiger partial charge in [-0.05, 0) is 43.9 Å². The Morgan fingerprint density at radius 3 is 2.89 bits per heavy atom. The van der Waals surface area contributed by atoms with Crippen molar-refractivity contribution >= 4 is 23.4 Å². The van der Waals surface area contributed by atoms with Gasteiger partial charge in [-0.3, -0.25) is 0 Å². The molecule has 4 heteroatoms. The number of rotatable bonds is 5. The summed E-state index contributed by atoms with van der Waals surface area (Å²) in [5.41, 5.74) is 7.13. The maximum Gasteiger partial charge on any atom is 0.0669 e. The van der Waals surface area contributed by atoms with E-state index in [-0.39, 0.29) is 6.04 Å². The molecule has 0 saturated carbocycles. The number of nitrogens with two attached hydrogens (primary N) is 1. The fraction of sp³-hybridized carbons (Fsp3) is 0.600. The van der Waals surface area contributed by atoms with Crippen LogP contribution < -0.4 is 5.73 Å². The summed E-state index contributed by atoms with van der Waals surface area (Å²) in [6.45, 7) is 5.11. The van der Waals surface area contributed by atoms with Gasteiger partial charge in [-0.25, -0.2) is 0 Å². The molecule has 3 unspecified atom stereocenters. The van der Waals surface area contributed by atoms with E-state index in [1.165, 1.54) is 4.90 Å². The third-order valence-corrected chi connectivity index (χ3v) is 5.42. The van der Waals surface area contributed by atoms with Crippen LogP contribution in [-0.2, 0) is 11.2 Å². The number of benzene rings is 1. The van der Waals surface area contributed by atoms with E-state index in [1.54, 1.807) is 0 Å². The van der Waals surface area contributed by atoms with E-state index in [0.29, 0.717) is 11.4 Å². The first-order valence-electron chi connectivity index (χ1n) is 6.92. The first kappa shape index (κ1) is 15.2. The summed E-state index contributed by atoms with van der Waals surface area (Å²) in [5, 5.41) is 1.38. The molecule has 1 aliphatic heterocycles. The lowest BCUT2D eigenvalue weighted by atomic mass is 10.1. The Bertz CT molecular complexity index is 427. The number of ether oxygens (including phenoxy) is 1. The quantitative estimate of drug-likeness (QED) is 0.896. The molecule has 2 N–H and O–H groups in total. The molecular formula is C15H22ClNOS. The smallest absolute Gasteiger partial charge is 0.0669 e. The highest BCUT2D eigenvalue weighted by Crippen LogP contribution is 2.34. The van der Waals surface area contributed by atoms with Gasteiger partial charge in [-0.1, -0.05) is 24.6 Å². The highest BCUT2D eigenvalue weighted by molar-refractivity contribution is 8.00. The van der Waals surface area contributed by atoms with Crippen molar-refractivity contribution in [3.05, 3.63) is 28.8 Å². The van der Waals surface area contributed by atoms with Gasteiger partial charge in [0, 0.05) is 27.8 Å². The Hall–Kier alpha value is -0.220. The Labute approximate surface area is 125 Å². The van der Waals surface area contributed by atoms with Gasteiger partial charge in [0.05, 0.1) is 6.10 Å². The van der Waals surface area contributed by atoms with E-state index in [4.69, 9.17) is 22.1 Å². The lowest BCUT2D eigenvalue weighted by Gasteiger charge is -2.15. The molecule has 2 nitrogen and oxygen atoms in total. The van der Waals surface area contributed by atoms with Gasteiger partial charge in [-0.2, -0.15) is 0 Å². The van der Waals surface area contributed by atoms with Crippen LogP contribution in [0.3, 0.4) is 0 Å². The average Bonchev–Trinajstić information content (AvgIpc) is 2.78. The van der Waals surface area contributed by atoms with Crippen LogP contribution in [0.1, 0.15) is 32.3 Å². The fourth-order valence-corrected chi connectivity index (χ4v) is 3.72. The Morgan fingerprint density at radius 2 is 2.32 bits per heavy atom. The molecule has 1 saturated heterocycles. The minimum absolute atomic E-state index is 0.194. The number of hydrogen-bond donors (Lipinski definition) is 1. The Morgan fingerprint density at radius 1 is 1.53 bits per heavy atom. The zero-order valence-corrected chi connectivity index (χ0v) is 13.1. The molecule has 1 fully saturated rings. The van der Waals surface area contributed by atoms with Gasteiger partial charge >= 0.3 is 0 Å². The average molecular weight is 300 g/mol. The van der Waals surface area contributed by atoms with E-state index < -0.39 is 0 Å². The highest BCUT2D eigenvalue weighted by atomic mass is 35.5. The molecule has 0 aromatic heterocycles. The maximum absolute atomic E-state index is 6.35. The van der Waals surface area contributed by atoms with Crippen LogP contribution in [-0.4, -0.2) is 24.0 Å². The number of hydrogen-bond acceptors (Lipinski definition) is 3. The standard InChI is InChI=1S/C15H22ClNOS/c1-3-12(17)8-11-4-5-13(9-14(11)16)19-15-6-7-18-10(15)2/h4-5,9-10,12,15H,3,6-8,17H2,1-2H3. The van der Waals surface area contributed by atoms with Gasteiger partial charge in [0.25, 0.3) is 0 Å². The van der Waals surface area contributed by atoms with Crippen molar-refractivity contribution in [3.63, 3.8) is 0 Å². The predicted octanol–water partition coefficient (Wildman–Crippen LogP) is 3.89. The summed E-state index contributed by atoms with van der Waals surface area (Å²) in [4.78, 5) is 1.22. The molecule has 1 heterocycles. The molecule has 0 amide bonds. The molecule has 106 valence electrons. The van der Waals surface area contributed by atoms with E-state index >= 15 is 0 Å². The van der Waals surface area contributed by atoms with Crippen LogP contribution >= 0.6 is 23.4 Å². The summed E-state index contributed by atoms with van der Waals surface area (Å²) in [6, 6.07) is 6.52. The Balaban J connectivity index is 2.02. The highest BCUT2D eigenvalue weighted by Gasteiger charge is 2.25. The SMILES string of the molecule is CCC(N)Cc1ccc(SC2CCOC2C)cc1Cl. The molecule has 1 aromatic carbocycles. The zero-order valence-electron chi connectivity index (χ0n) is 11.6. The first-order valence-corrected chi connectivity index (χ1v) is 8.18. The summed E-state index contributed by atoms with van der Waals surface area (Å²) in [7, 11) is 0. The van der Waals surface area contributed by atoms with Crippen LogP contribution in [0.15, 0.2) is 23.1 Å². The van der Waals surface area contributed by atoms with Gasteiger partial charge in [0.15, 0.2) is 0 Å². The minimum Gasteiger partial charge on any atom is -0.377 e. The second-order valence-corrected chi connectivity index (χ2v) is 6.87. The van der Waals surface area contributed by atoms with Crippen LogP contribution in [0.25, 0.3) is 0 Å². The van der Waals surface area contributed by atoms with Gasteiger partial charge in [0.1, 0.15) is 0 Å². The molecule has 0 spiro atoms. The van der Waals surface area contributed by atoms with Crippen molar-refractivity contribution in [2.75, 3.05) is 6.61 Å². The molecule has 3 atom stereocenters. The lowest BCUT2D eigenvalue weighted by molar-refractivity contribution is 0.127. The molecule has 1 aliphatic rings. The third-order valence-electron chi connectivity index (χ3n) is 3.63. The topological polar surface area (TPSA) is 35.2 Å². The van der Waals surface area contributed by atoms with Crippen molar-refractivity contribution in [3.8, 4) is 0 Å². The molecular weight excluding hydrogens is 278 g/mol. The largest absolute Gasteiger partial charge is 0.377 e. The van der Waals surface area contributed by atoms with Crippen LogP contribution in [0.4, 0.5) is 0 Å². The van der Waals surface area contributed by atoms with E-state index in [1.807, 2.05) is 11.8 Å². The van der Waals surface area contributed by atoms with Crippen LogP contribution in [0.5, 0.6) is 0 Å². The third kappa shape index (κ3) is 4.12. The molecule has 19 heavy (non-hydrogen) atoms. The number of halogens is 1. The first-order chi connectivity index (χ1) is 9.10. The van der Waals surface area contributed by atoms with Crippen molar-refractivity contribution in [2.45, 2.75) is 55.4 Å². The molecule has 0 bridgehead atoms. The van der Waals surface area contributed by atoms with Crippen molar-refractivity contribution in [2.24, 2.45) is 5.73 Å². The fourth-order valence-electron chi connectivity index (χ4n) is 2.24. The molecule has 1 aromatic rings. The van der Waals surface area contributed by atoms with Gasteiger partial charge in [0.2, 0.25) is 0 Å². The Kier molecular flexibility index (Phi) is 5.58. The monoisotopic (exact) mass is 299 g/mol.